The number of nitrogens with one attached hydrogen (secondary N) is 3. The van der Waals surface area contributed by atoms with E-state index in [2.05, 4.69) is 28.2 Å². The molecule has 3 amide bonds. The van der Waals surface area contributed by atoms with Crippen LogP contribution in [0, 0.1) is 0 Å². The maximum Gasteiger partial charge on any atom is 0.407 e. The molecule has 0 bridgehead atoms. The number of carbonyl (C=O) groups is 3. The Bertz CT molecular complexity index is 1180. The van der Waals surface area contributed by atoms with Crippen molar-refractivity contribution in [2.45, 2.75) is 88.8 Å². The fourth-order valence-electron chi connectivity index (χ4n) is 4.81. The minimum Gasteiger partial charge on any atom is -0.444 e. The van der Waals surface area contributed by atoms with E-state index in [-0.39, 0.29) is 35.8 Å². The van der Waals surface area contributed by atoms with Gasteiger partial charge in [-0.1, -0.05) is 18.6 Å². The molecule has 11 heteroatoms. The fourth-order valence-corrected chi connectivity index (χ4v) is 7.70. The third-order valence-electron chi connectivity index (χ3n) is 6.75. The maximum atomic E-state index is 13.0. The first-order valence-electron chi connectivity index (χ1n) is 14.3. The molecule has 0 aliphatic carbocycles. The first-order valence-corrected chi connectivity index (χ1v) is 16.1. The van der Waals surface area contributed by atoms with Crippen LogP contribution in [0.2, 0.25) is 0 Å². The molecule has 1 aromatic carbocycles. The lowest BCUT2D eigenvalue weighted by atomic mass is 9.94. The number of amides is 3. The Labute approximate surface area is 250 Å². The van der Waals surface area contributed by atoms with Gasteiger partial charge in [-0.3, -0.25) is 9.59 Å². The van der Waals surface area contributed by atoms with Gasteiger partial charge < -0.3 is 20.1 Å². The number of alkyl carbamates (subject to hydrolysis) is 1. The molecular formula is C30H41N3O6S2. The Hall–Kier alpha value is -2.60. The molecule has 2 atom stereocenters. The van der Waals surface area contributed by atoms with E-state index in [1.54, 1.807) is 32.1 Å². The second-order valence-electron chi connectivity index (χ2n) is 11.4. The summed E-state index contributed by atoms with van der Waals surface area (Å²) in [5, 5.41) is 5.51. The van der Waals surface area contributed by atoms with Crippen molar-refractivity contribution in [3.8, 4) is 10.4 Å². The van der Waals surface area contributed by atoms with E-state index in [0.717, 1.165) is 54.7 Å². The molecule has 1 unspecified atom stereocenters. The van der Waals surface area contributed by atoms with Crippen LogP contribution in [0.4, 0.5) is 10.5 Å². The van der Waals surface area contributed by atoms with Crippen LogP contribution in [0.3, 0.4) is 0 Å². The molecule has 4 rings (SSSR count). The van der Waals surface area contributed by atoms with E-state index >= 15 is 0 Å². The van der Waals surface area contributed by atoms with E-state index in [9.17, 15) is 14.4 Å². The van der Waals surface area contributed by atoms with Crippen LogP contribution in [0.1, 0.15) is 77.0 Å². The number of thioether (sulfide) groups is 1. The van der Waals surface area contributed by atoms with E-state index < -0.39 is 11.7 Å². The molecule has 3 heterocycles. The lowest BCUT2D eigenvalue weighted by molar-refractivity contribution is -0.200. The van der Waals surface area contributed by atoms with E-state index in [4.69, 9.17) is 14.3 Å². The third-order valence-corrected chi connectivity index (χ3v) is 9.83. The molecule has 0 radical (unpaired) electrons. The number of benzene rings is 1. The quantitative estimate of drug-likeness (QED) is 0.271. The van der Waals surface area contributed by atoms with Crippen LogP contribution in [-0.2, 0) is 28.6 Å². The Morgan fingerprint density at radius 2 is 1.93 bits per heavy atom. The van der Waals surface area contributed by atoms with Gasteiger partial charge in [-0.25, -0.2) is 15.1 Å². The van der Waals surface area contributed by atoms with Gasteiger partial charge in [0.05, 0.1) is 4.75 Å². The zero-order valence-electron chi connectivity index (χ0n) is 24.1. The molecule has 224 valence electrons. The predicted molar refractivity (Wildman–Crippen MR) is 163 cm³/mol. The maximum absolute atomic E-state index is 13.0. The normalized spacial score (nSPS) is 21.1. The molecule has 2 aromatic rings. The van der Waals surface area contributed by atoms with Gasteiger partial charge in [0.15, 0.2) is 6.29 Å². The average molecular weight is 604 g/mol. The molecule has 3 N–H and O–H groups in total. The molecule has 1 aromatic heterocycles. The van der Waals surface area contributed by atoms with Crippen molar-refractivity contribution >= 4 is 46.7 Å². The van der Waals surface area contributed by atoms with Gasteiger partial charge in [-0.2, -0.15) is 0 Å². The van der Waals surface area contributed by atoms with Gasteiger partial charge in [-0.15, -0.1) is 23.1 Å². The smallest absolute Gasteiger partial charge is 0.407 e. The molecule has 41 heavy (non-hydrogen) atoms. The van der Waals surface area contributed by atoms with Crippen molar-refractivity contribution in [1.29, 1.82) is 0 Å². The van der Waals surface area contributed by atoms with Crippen molar-refractivity contribution in [3.05, 3.63) is 41.3 Å². The number of carbonyl (C=O) groups excluding carboxylic acids is 3. The Kier molecular flexibility index (Phi) is 11.1. The highest BCUT2D eigenvalue weighted by Crippen LogP contribution is 2.51. The predicted octanol–water partition coefficient (Wildman–Crippen LogP) is 6.35. The number of rotatable bonds is 10. The van der Waals surface area contributed by atoms with Crippen LogP contribution < -0.4 is 16.1 Å². The molecule has 2 aliphatic heterocycles. The van der Waals surface area contributed by atoms with Crippen LogP contribution in [-0.4, -0.2) is 48.7 Å². The number of hydrogen-bond donors (Lipinski definition) is 3. The Morgan fingerprint density at radius 1 is 1.07 bits per heavy atom. The summed E-state index contributed by atoms with van der Waals surface area (Å²) in [6.07, 6.45) is 5.56. The highest BCUT2D eigenvalue weighted by atomic mass is 32.2. The number of ether oxygens (including phenoxy) is 2. The van der Waals surface area contributed by atoms with Gasteiger partial charge in [0, 0.05) is 47.9 Å². The first-order chi connectivity index (χ1) is 19.6. The number of hydroxylamine groups is 1. The second kappa shape index (κ2) is 14.5. The largest absolute Gasteiger partial charge is 0.444 e. The van der Waals surface area contributed by atoms with Crippen LogP contribution in [0.15, 0.2) is 36.4 Å². The monoisotopic (exact) mass is 603 g/mol. The summed E-state index contributed by atoms with van der Waals surface area (Å²) < 4.78 is 10.5. The summed E-state index contributed by atoms with van der Waals surface area (Å²) >= 11 is 3.54. The number of hydrogen-bond acceptors (Lipinski definition) is 8. The highest BCUT2D eigenvalue weighted by Gasteiger charge is 2.38. The standard InChI is InChI=1S/C30H41N3O6S2/c1-29(2,3)38-28(36)31-16-14-25(34)32-22-10-8-9-21(19-22)23-12-13-24(41-23)30(15-5-7-18-40-30)20-26(35)33-39-27-11-4-6-17-37-27/h8-10,12-13,19,27H,4-7,11,14-18,20H2,1-3H3,(H,31,36)(H,32,34)(H,33,35)/t27?,30-/m0/s1. The zero-order chi connectivity index (χ0) is 29.3. The first kappa shape index (κ1) is 31.3. The van der Waals surface area contributed by atoms with Crippen molar-refractivity contribution in [2.75, 3.05) is 24.2 Å². The second-order valence-corrected chi connectivity index (χ2v) is 13.9. The number of anilines is 1. The van der Waals surface area contributed by atoms with Crippen molar-refractivity contribution in [1.82, 2.24) is 10.8 Å². The lowest BCUT2D eigenvalue weighted by Gasteiger charge is -2.35. The Morgan fingerprint density at radius 3 is 2.66 bits per heavy atom. The summed E-state index contributed by atoms with van der Waals surface area (Å²) in [5.41, 5.74) is 3.73. The van der Waals surface area contributed by atoms with Gasteiger partial charge in [-0.05, 0) is 82.0 Å². The summed E-state index contributed by atoms with van der Waals surface area (Å²) in [6, 6.07) is 11.9. The highest BCUT2D eigenvalue weighted by molar-refractivity contribution is 8.00. The average Bonchev–Trinajstić information content (AvgIpc) is 3.44. The lowest BCUT2D eigenvalue weighted by Crippen LogP contribution is -2.37. The van der Waals surface area contributed by atoms with E-state index in [1.807, 2.05) is 36.0 Å². The summed E-state index contributed by atoms with van der Waals surface area (Å²) in [5.74, 6) is 0.682. The van der Waals surface area contributed by atoms with Crippen molar-refractivity contribution in [2.24, 2.45) is 0 Å². The van der Waals surface area contributed by atoms with Gasteiger partial charge in [0.25, 0.3) is 0 Å². The van der Waals surface area contributed by atoms with Crippen molar-refractivity contribution < 1.29 is 28.7 Å². The summed E-state index contributed by atoms with van der Waals surface area (Å²) in [7, 11) is 0. The summed E-state index contributed by atoms with van der Waals surface area (Å²) in [4.78, 5) is 45.0. The van der Waals surface area contributed by atoms with E-state index in [0.29, 0.717) is 18.7 Å². The minimum absolute atomic E-state index is 0.130. The molecule has 2 fully saturated rings. The van der Waals surface area contributed by atoms with E-state index in [1.165, 1.54) is 4.88 Å². The van der Waals surface area contributed by atoms with Crippen LogP contribution in [0.5, 0.6) is 0 Å². The molecule has 0 spiro atoms. The van der Waals surface area contributed by atoms with Crippen LogP contribution in [0.25, 0.3) is 10.4 Å². The minimum atomic E-state index is -0.589. The third kappa shape index (κ3) is 9.73. The van der Waals surface area contributed by atoms with Gasteiger partial charge in [0.2, 0.25) is 11.8 Å². The molecule has 2 saturated heterocycles. The molecule has 0 saturated carbocycles. The van der Waals surface area contributed by atoms with Crippen LogP contribution >= 0.6 is 23.1 Å². The Balaban J connectivity index is 1.35. The number of thiophene rings is 1. The van der Waals surface area contributed by atoms with Gasteiger partial charge >= 0.3 is 6.09 Å². The topological polar surface area (TPSA) is 115 Å². The van der Waals surface area contributed by atoms with Gasteiger partial charge in [0.1, 0.15) is 5.60 Å². The fraction of sp³-hybridized carbons (Fsp3) is 0.567. The summed E-state index contributed by atoms with van der Waals surface area (Å²) in [6.45, 7) is 6.21. The molecule has 2 aliphatic rings. The molecular weight excluding hydrogens is 562 g/mol. The zero-order valence-corrected chi connectivity index (χ0v) is 25.7. The van der Waals surface area contributed by atoms with Crippen molar-refractivity contribution in [3.63, 3.8) is 0 Å². The molecule has 9 nitrogen and oxygen atoms in total. The SMILES string of the molecule is CC(C)(C)OC(=O)NCCC(=O)Nc1cccc(-c2ccc([C@@]3(CC(=O)NOC4CCCCO4)CCCCS3)s2)c1.